The molecule has 0 aliphatic heterocycles. The van der Waals surface area contributed by atoms with Gasteiger partial charge in [0, 0.05) is 18.3 Å². The maximum absolute atomic E-state index is 11.6. The fraction of sp³-hybridized carbons (Fsp3) is 0.389. The average Bonchev–Trinajstić information content (AvgIpc) is 3.01. The Morgan fingerprint density at radius 3 is 2.62 bits per heavy atom. The summed E-state index contributed by atoms with van der Waals surface area (Å²) in [4.78, 5) is 23.1. The van der Waals surface area contributed by atoms with Gasteiger partial charge >= 0.3 is 12.1 Å². The van der Waals surface area contributed by atoms with Crippen LogP contribution < -0.4 is 5.32 Å². The molecule has 8 heteroatoms. The minimum atomic E-state index is -0.599. The highest BCUT2D eigenvalue weighted by Gasteiger charge is 2.16. The zero-order chi connectivity index (χ0) is 19.3. The second-order valence-electron chi connectivity index (χ2n) is 6.64. The molecule has 0 spiro atoms. The number of nitrogens with one attached hydrogen (secondary N) is 1. The number of benzene rings is 1. The molecule has 2 aromatic rings. The molecule has 2 N–H and O–H groups in total. The van der Waals surface area contributed by atoms with Crippen molar-refractivity contribution in [2.24, 2.45) is 0 Å². The SMILES string of the molecule is COC(=O)c1ccc(-c2cnn(CCNC(=O)OC(C)(C)C)c2)cc1O. The van der Waals surface area contributed by atoms with Crippen LogP contribution in [-0.4, -0.2) is 46.2 Å². The van der Waals surface area contributed by atoms with Crippen molar-refractivity contribution in [2.75, 3.05) is 13.7 Å². The number of carbonyl (C=O) groups excluding carboxylic acids is 2. The Kier molecular flexibility index (Phi) is 5.86. The lowest BCUT2D eigenvalue weighted by molar-refractivity contribution is 0.0524. The Hall–Kier alpha value is -3.03. The Balaban J connectivity index is 1.96. The summed E-state index contributed by atoms with van der Waals surface area (Å²) in [7, 11) is 1.25. The number of hydrogen-bond acceptors (Lipinski definition) is 6. The van der Waals surface area contributed by atoms with Crippen molar-refractivity contribution in [3.8, 4) is 16.9 Å². The first kappa shape index (κ1) is 19.3. The van der Waals surface area contributed by atoms with Crippen LogP contribution in [0.1, 0.15) is 31.1 Å². The summed E-state index contributed by atoms with van der Waals surface area (Å²) in [6.45, 7) is 6.22. The van der Waals surface area contributed by atoms with Crippen LogP contribution in [0.5, 0.6) is 5.75 Å². The van der Waals surface area contributed by atoms with Crippen LogP contribution in [0.15, 0.2) is 30.6 Å². The van der Waals surface area contributed by atoms with Gasteiger partial charge in [0.2, 0.25) is 0 Å². The maximum Gasteiger partial charge on any atom is 0.407 e. The van der Waals surface area contributed by atoms with Gasteiger partial charge < -0.3 is 19.9 Å². The highest BCUT2D eigenvalue weighted by molar-refractivity contribution is 5.93. The first-order valence-corrected chi connectivity index (χ1v) is 8.10. The molecule has 0 aliphatic carbocycles. The van der Waals surface area contributed by atoms with Crippen molar-refractivity contribution in [3.05, 3.63) is 36.2 Å². The number of aromatic hydroxyl groups is 1. The first-order chi connectivity index (χ1) is 12.2. The Morgan fingerprint density at radius 1 is 1.27 bits per heavy atom. The van der Waals surface area contributed by atoms with E-state index in [4.69, 9.17) is 4.74 Å². The van der Waals surface area contributed by atoms with E-state index in [2.05, 4.69) is 15.2 Å². The molecule has 0 radical (unpaired) electrons. The molecular formula is C18H23N3O5. The quantitative estimate of drug-likeness (QED) is 0.794. The minimum Gasteiger partial charge on any atom is -0.507 e. The summed E-state index contributed by atoms with van der Waals surface area (Å²) < 4.78 is 11.4. The maximum atomic E-state index is 11.6. The zero-order valence-corrected chi connectivity index (χ0v) is 15.3. The molecule has 0 saturated heterocycles. The highest BCUT2D eigenvalue weighted by atomic mass is 16.6. The molecule has 0 fully saturated rings. The van der Waals surface area contributed by atoms with Gasteiger partial charge in [-0.15, -0.1) is 0 Å². The van der Waals surface area contributed by atoms with Crippen LogP contribution in [0, 0.1) is 0 Å². The van der Waals surface area contributed by atoms with Crippen molar-refractivity contribution in [3.63, 3.8) is 0 Å². The Morgan fingerprint density at radius 2 is 2.00 bits per heavy atom. The van der Waals surface area contributed by atoms with Crippen molar-refractivity contribution >= 4 is 12.1 Å². The van der Waals surface area contributed by atoms with Gasteiger partial charge in [0.15, 0.2) is 0 Å². The number of methoxy groups -OCH3 is 1. The van der Waals surface area contributed by atoms with Crippen LogP contribution >= 0.6 is 0 Å². The molecule has 2 rings (SSSR count). The number of alkyl carbamates (subject to hydrolysis) is 1. The third-order valence-electron chi connectivity index (χ3n) is 3.38. The lowest BCUT2D eigenvalue weighted by Crippen LogP contribution is -2.34. The first-order valence-electron chi connectivity index (χ1n) is 8.10. The average molecular weight is 361 g/mol. The second-order valence-corrected chi connectivity index (χ2v) is 6.64. The summed E-state index contributed by atoms with van der Waals surface area (Å²) in [6, 6.07) is 4.68. The van der Waals surface area contributed by atoms with Crippen LogP contribution in [0.4, 0.5) is 4.79 Å². The number of nitrogens with zero attached hydrogens (tertiary/aromatic N) is 2. The van der Waals surface area contributed by atoms with Gasteiger partial charge in [-0.2, -0.15) is 5.10 Å². The fourth-order valence-corrected chi connectivity index (χ4v) is 2.22. The summed E-state index contributed by atoms with van der Waals surface area (Å²) >= 11 is 0. The lowest BCUT2D eigenvalue weighted by atomic mass is 10.1. The molecule has 0 unspecified atom stereocenters. The van der Waals surface area contributed by atoms with E-state index in [9.17, 15) is 14.7 Å². The molecule has 1 aromatic heterocycles. The third kappa shape index (κ3) is 5.23. The molecule has 1 aromatic carbocycles. The number of aromatic nitrogens is 2. The smallest absolute Gasteiger partial charge is 0.407 e. The van der Waals surface area contributed by atoms with Crippen molar-refractivity contribution in [1.29, 1.82) is 0 Å². The van der Waals surface area contributed by atoms with Crippen molar-refractivity contribution in [1.82, 2.24) is 15.1 Å². The van der Waals surface area contributed by atoms with E-state index in [1.165, 1.54) is 19.2 Å². The molecule has 26 heavy (non-hydrogen) atoms. The lowest BCUT2D eigenvalue weighted by Gasteiger charge is -2.19. The monoisotopic (exact) mass is 361 g/mol. The normalized spacial score (nSPS) is 11.1. The molecule has 0 saturated carbocycles. The minimum absolute atomic E-state index is 0.102. The van der Waals surface area contributed by atoms with E-state index in [1.54, 1.807) is 43.9 Å². The van der Waals surface area contributed by atoms with E-state index < -0.39 is 17.7 Å². The van der Waals surface area contributed by atoms with Crippen molar-refractivity contribution < 1.29 is 24.2 Å². The van der Waals surface area contributed by atoms with Crippen molar-refractivity contribution in [2.45, 2.75) is 32.9 Å². The van der Waals surface area contributed by atoms with E-state index >= 15 is 0 Å². The number of ether oxygens (including phenoxy) is 2. The molecule has 0 atom stereocenters. The number of hydrogen-bond donors (Lipinski definition) is 2. The predicted molar refractivity (Wildman–Crippen MR) is 94.9 cm³/mol. The van der Waals surface area contributed by atoms with Crippen LogP contribution in [0.25, 0.3) is 11.1 Å². The third-order valence-corrected chi connectivity index (χ3v) is 3.38. The number of amides is 1. The van der Waals surface area contributed by atoms with Gasteiger partial charge in [-0.05, 0) is 38.5 Å². The Labute approximate surface area is 151 Å². The number of rotatable bonds is 5. The van der Waals surface area contributed by atoms with E-state index in [-0.39, 0.29) is 11.3 Å². The summed E-state index contributed by atoms with van der Waals surface area (Å²) in [5.74, 6) is -0.758. The zero-order valence-electron chi connectivity index (χ0n) is 15.3. The number of carbonyl (C=O) groups is 2. The summed E-state index contributed by atoms with van der Waals surface area (Å²) in [5.41, 5.74) is 1.04. The van der Waals surface area contributed by atoms with E-state index in [0.717, 1.165) is 5.56 Å². The number of phenols is 1. The molecule has 1 heterocycles. The largest absolute Gasteiger partial charge is 0.507 e. The van der Waals surface area contributed by atoms with Gasteiger partial charge in [0.1, 0.15) is 16.9 Å². The van der Waals surface area contributed by atoms with Gasteiger partial charge in [0.25, 0.3) is 0 Å². The molecule has 140 valence electrons. The summed E-state index contributed by atoms with van der Waals surface area (Å²) in [6.07, 6.45) is 2.94. The standard InChI is InChI=1S/C18H23N3O5/c1-18(2,3)26-17(24)19-7-8-21-11-13(10-20-21)12-5-6-14(15(22)9-12)16(23)25-4/h5-6,9-11,22H,7-8H2,1-4H3,(H,19,24). The predicted octanol–water partition coefficient (Wildman–Crippen LogP) is 2.57. The fourth-order valence-electron chi connectivity index (χ4n) is 2.22. The van der Waals surface area contributed by atoms with Gasteiger partial charge in [-0.3, -0.25) is 4.68 Å². The number of esters is 1. The second kappa shape index (κ2) is 7.90. The van der Waals surface area contributed by atoms with Gasteiger partial charge in [-0.25, -0.2) is 9.59 Å². The van der Waals surface area contributed by atoms with E-state index in [0.29, 0.717) is 18.7 Å². The van der Waals surface area contributed by atoms with Gasteiger partial charge in [-0.1, -0.05) is 6.07 Å². The Bertz CT molecular complexity index is 792. The topological polar surface area (TPSA) is 103 Å². The molecule has 0 aliphatic rings. The van der Waals surface area contributed by atoms with Gasteiger partial charge in [0.05, 0.1) is 19.9 Å². The van der Waals surface area contributed by atoms with E-state index in [1.807, 2.05) is 0 Å². The summed E-state index contributed by atoms with van der Waals surface area (Å²) in [5, 5.41) is 16.8. The molecule has 8 nitrogen and oxygen atoms in total. The van der Waals surface area contributed by atoms with Crippen LogP contribution in [0.3, 0.4) is 0 Å². The molecule has 0 bridgehead atoms. The molecular weight excluding hydrogens is 338 g/mol. The highest BCUT2D eigenvalue weighted by Crippen LogP contribution is 2.26. The molecule has 1 amide bonds. The van der Waals surface area contributed by atoms with Crippen LogP contribution in [-0.2, 0) is 16.0 Å². The number of phenolic OH excluding ortho intramolecular Hbond substituents is 1. The van der Waals surface area contributed by atoms with Crippen LogP contribution in [0.2, 0.25) is 0 Å².